The van der Waals surface area contributed by atoms with Crippen molar-refractivity contribution in [2.75, 3.05) is 39.5 Å². The summed E-state index contributed by atoms with van der Waals surface area (Å²) in [5.41, 5.74) is 1.00. The van der Waals surface area contributed by atoms with Gasteiger partial charge in [-0.05, 0) is 12.0 Å². The second kappa shape index (κ2) is 7.92. The van der Waals surface area contributed by atoms with Gasteiger partial charge in [-0.2, -0.15) is 0 Å². The monoisotopic (exact) mass is 263 g/mol. The molecule has 0 atom stereocenters. The zero-order valence-corrected chi connectivity index (χ0v) is 11.2. The van der Waals surface area contributed by atoms with Crippen LogP contribution >= 0.6 is 0 Å². The SMILES string of the molecule is O=C(Cc1ccccc1)OCCCN1CCOCC1. The van der Waals surface area contributed by atoms with Crippen LogP contribution < -0.4 is 0 Å². The molecule has 2 rings (SSSR count). The van der Waals surface area contributed by atoms with Gasteiger partial charge in [0.25, 0.3) is 0 Å². The van der Waals surface area contributed by atoms with Crippen LogP contribution in [-0.4, -0.2) is 50.3 Å². The largest absolute Gasteiger partial charge is 0.465 e. The Labute approximate surface area is 114 Å². The first kappa shape index (κ1) is 14.0. The highest BCUT2D eigenvalue weighted by molar-refractivity contribution is 5.72. The number of carbonyl (C=O) groups excluding carboxylic acids is 1. The quantitative estimate of drug-likeness (QED) is 0.576. The van der Waals surface area contributed by atoms with Crippen LogP contribution in [0.15, 0.2) is 30.3 Å². The van der Waals surface area contributed by atoms with Crippen molar-refractivity contribution in [1.82, 2.24) is 4.90 Å². The maximum absolute atomic E-state index is 11.6. The van der Waals surface area contributed by atoms with Crippen LogP contribution in [0.25, 0.3) is 0 Å². The van der Waals surface area contributed by atoms with Gasteiger partial charge >= 0.3 is 5.97 Å². The summed E-state index contributed by atoms with van der Waals surface area (Å²) >= 11 is 0. The van der Waals surface area contributed by atoms with E-state index in [1.54, 1.807) is 0 Å². The average Bonchev–Trinajstić information content (AvgIpc) is 2.46. The van der Waals surface area contributed by atoms with Crippen molar-refractivity contribution in [1.29, 1.82) is 0 Å². The summed E-state index contributed by atoms with van der Waals surface area (Å²) in [5, 5.41) is 0. The highest BCUT2D eigenvalue weighted by atomic mass is 16.5. The van der Waals surface area contributed by atoms with E-state index in [1.807, 2.05) is 30.3 Å². The van der Waals surface area contributed by atoms with Crippen molar-refractivity contribution in [3.63, 3.8) is 0 Å². The molecule has 0 aliphatic carbocycles. The fourth-order valence-electron chi connectivity index (χ4n) is 2.11. The van der Waals surface area contributed by atoms with Gasteiger partial charge in [0.2, 0.25) is 0 Å². The van der Waals surface area contributed by atoms with Gasteiger partial charge in [-0.25, -0.2) is 0 Å². The number of hydrogen-bond donors (Lipinski definition) is 0. The predicted octanol–water partition coefficient (Wildman–Crippen LogP) is 1.49. The lowest BCUT2D eigenvalue weighted by molar-refractivity contribution is -0.143. The van der Waals surface area contributed by atoms with E-state index in [1.165, 1.54) is 0 Å². The normalized spacial score (nSPS) is 16.2. The van der Waals surface area contributed by atoms with Crippen LogP contribution in [0.3, 0.4) is 0 Å². The number of esters is 1. The fourth-order valence-corrected chi connectivity index (χ4v) is 2.11. The molecule has 0 spiro atoms. The second-order valence-electron chi connectivity index (χ2n) is 4.69. The van der Waals surface area contributed by atoms with Crippen molar-refractivity contribution in [2.24, 2.45) is 0 Å². The fraction of sp³-hybridized carbons (Fsp3) is 0.533. The zero-order chi connectivity index (χ0) is 13.3. The van der Waals surface area contributed by atoms with Crippen LogP contribution in [0.4, 0.5) is 0 Å². The predicted molar refractivity (Wildman–Crippen MR) is 73.0 cm³/mol. The third kappa shape index (κ3) is 5.41. The lowest BCUT2D eigenvalue weighted by Crippen LogP contribution is -2.37. The highest BCUT2D eigenvalue weighted by Gasteiger charge is 2.10. The van der Waals surface area contributed by atoms with E-state index in [-0.39, 0.29) is 5.97 Å². The van der Waals surface area contributed by atoms with E-state index in [2.05, 4.69) is 4.90 Å². The third-order valence-corrected chi connectivity index (χ3v) is 3.18. The van der Waals surface area contributed by atoms with Crippen molar-refractivity contribution >= 4 is 5.97 Å². The van der Waals surface area contributed by atoms with E-state index in [0.717, 1.165) is 44.8 Å². The molecule has 4 heteroatoms. The molecule has 19 heavy (non-hydrogen) atoms. The number of rotatable bonds is 6. The number of morpholine rings is 1. The van der Waals surface area contributed by atoms with Crippen LogP contribution in [0.1, 0.15) is 12.0 Å². The average molecular weight is 263 g/mol. The van der Waals surface area contributed by atoms with E-state index in [0.29, 0.717) is 13.0 Å². The zero-order valence-electron chi connectivity index (χ0n) is 11.2. The molecule has 1 aliphatic rings. The van der Waals surface area contributed by atoms with Gasteiger partial charge in [0.1, 0.15) is 0 Å². The van der Waals surface area contributed by atoms with Crippen LogP contribution in [0, 0.1) is 0 Å². The second-order valence-corrected chi connectivity index (χ2v) is 4.69. The first-order valence-electron chi connectivity index (χ1n) is 6.84. The molecule has 104 valence electrons. The number of benzene rings is 1. The minimum Gasteiger partial charge on any atom is -0.465 e. The summed E-state index contributed by atoms with van der Waals surface area (Å²) in [6.07, 6.45) is 1.25. The lowest BCUT2D eigenvalue weighted by Gasteiger charge is -2.26. The molecular weight excluding hydrogens is 242 g/mol. The summed E-state index contributed by atoms with van der Waals surface area (Å²) in [6.45, 7) is 5.07. The van der Waals surface area contributed by atoms with Crippen LogP contribution in [0.5, 0.6) is 0 Å². The minimum absolute atomic E-state index is 0.145. The smallest absolute Gasteiger partial charge is 0.310 e. The Balaban J connectivity index is 1.56. The molecule has 0 N–H and O–H groups in total. The van der Waals surface area contributed by atoms with Gasteiger partial charge in [0.15, 0.2) is 0 Å². The number of nitrogens with zero attached hydrogens (tertiary/aromatic N) is 1. The van der Waals surface area contributed by atoms with E-state index in [4.69, 9.17) is 9.47 Å². The maximum Gasteiger partial charge on any atom is 0.310 e. The van der Waals surface area contributed by atoms with Gasteiger partial charge < -0.3 is 9.47 Å². The molecule has 1 aliphatic heterocycles. The molecule has 1 aromatic carbocycles. The van der Waals surface area contributed by atoms with E-state index >= 15 is 0 Å². The Morgan fingerprint density at radius 1 is 1.21 bits per heavy atom. The molecule has 1 saturated heterocycles. The van der Waals surface area contributed by atoms with Gasteiger partial charge in [-0.15, -0.1) is 0 Å². The van der Waals surface area contributed by atoms with E-state index in [9.17, 15) is 4.79 Å². The van der Waals surface area contributed by atoms with Gasteiger partial charge in [-0.1, -0.05) is 30.3 Å². The summed E-state index contributed by atoms with van der Waals surface area (Å²) < 4.78 is 10.5. The molecule has 1 aromatic rings. The van der Waals surface area contributed by atoms with E-state index < -0.39 is 0 Å². The van der Waals surface area contributed by atoms with Gasteiger partial charge in [-0.3, -0.25) is 9.69 Å². The van der Waals surface area contributed by atoms with Crippen molar-refractivity contribution < 1.29 is 14.3 Å². The van der Waals surface area contributed by atoms with Crippen LogP contribution in [-0.2, 0) is 20.7 Å². The summed E-state index contributed by atoms with van der Waals surface area (Å²) in [7, 11) is 0. The van der Waals surface area contributed by atoms with Crippen molar-refractivity contribution in [3.05, 3.63) is 35.9 Å². The molecule has 0 bridgehead atoms. The Kier molecular flexibility index (Phi) is 5.85. The lowest BCUT2D eigenvalue weighted by atomic mass is 10.2. The molecule has 1 heterocycles. The first-order chi connectivity index (χ1) is 9.34. The Morgan fingerprint density at radius 2 is 1.95 bits per heavy atom. The Bertz CT molecular complexity index is 374. The summed E-state index contributed by atoms with van der Waals surface area (Å²) in [6, 6.07) is 9.68. The third-order valence-electron chi connectivity index (χ3n) is 3.18. The Morgan fingerprint density at radius 3 is 2.68 bits per heavy atom. The maximum atomic E-state index is 11.6. The topological polar surface area (TPSA) is 38.8 Å². The number of ether oxygens (including phenoxy) is 2. The molecule has 4 nitrogen and oxygen atoms in total. The molecule has 1 fully saturated rings. The Hall–Kier alpha value is -1.39. The summed E-state index contributed by atoms with van der Waals surface area (Å²) in [5.74, 6) is -0.145. The van der Waals surface area contributed by atoms with Crippen LogP contribution in [0.2, 0.25) is 0 Å². The first-order valence-corrected chi connectivity index (χ1v) is 6.84. The molecule has 0 saturated carbocycles. The molecule has 0 aromatic heterocycles. The molecular formula is C15H21NO3. The van der Waals surface area contributed by atoms with Crippen molar-refractivity contribution in [3.8, 4) is 0 Å². The standard InChI is InChI=1S/C15H21NO3/c17-15(13-14-5-2-1-3-6-14)19-10-4-7-16-8-11-18-12-9-16/h1-3,5-6H,4,7-13H2. The molecule has 0 radical (unpaired) electrons. The molecule has 0 unspecified atom stereocenters. The number of hydrogen-bond acceptors (Lipinski definition) is 4. The highest BCUT2D eigenvalue weighted by Crippen LogP contribution is 2.02. The molecule has 0 amide bonds. The summed E-state index contributed by atoms with van der Waals surface area (Å²) in [4.78, 5) is 13.9. The minimum atomic E-state index is -0.145. The van der Waals surface area contributed by atoms with Crippen molar-refractivity contribution in [2.45, 2.75) is 12.8 Å². The van der Waals surface area contributed by atoms with Gasteiger partial charge in [0, 0.05) is 19.6 Å². The van der Waals surface area contributed by atoms with Gasteiger partial charge in [0.05, 0.1) is 26.2 Å². The number of carbonyl (C=O) groups is 1.